The van der Waals surface area contributed by atoms with Gasteiger partial charge in [-0.25, -0.2) is 0 Å². The number of ketones is 2. The molecule has 4 nitrogen and oxygen atoms in total. The van der Waals surface area contributed by atoms with Gasteiger partial charge in [-0.2, -0.15) is 0 Å². The SMILES string of the molecule is O=C(c1ccccc1)c1ccc(OCCCOc2ccc(C(=O)c3ccccc3)cc2)cc1. The van der Waals surface area contributed by atoms with Crippen molar-refractivity contribution in [2.75, 3.05) is 13.2 Å². The van der Waals surface area contributed by atoms with Crippen molar-refractivity contribution in [2.24, 2.45) is 0 Å². The zero-order valence-corrected chi connectivity index (χ0v) is 18.1. The van der Waals surface area contributed by atoms with E-state index in [0.717, 1.165) is 0 Å². The Kier molecular flexibility index (Phi) is 7.29. The number of carbonyl (C=O) groups excluding carboxylic acids is 2. The van der Waals surface area contributed by atoms with Gasteiger partial charge >= 0.3 is 0 Å². The normalized spacial score (nSPS) is 10.4. The minimum Gasteiger partial charge on any atom is -0.493 e. The summed E-state index contributed by atoms with van der Waals surface area (Å²) in [7, 11) is 0. The monoisotopic (exact) mass is 436 g/mol. The van der Waals surface area contributed by atoms with Crippen molar-refractivity contribution in [3.8, 4) is 11.5 Å². The number of rotatable bonds is 10. The molecule has 0 aliphatic heterocycles. The molecule has 0 unspecified atom stereocenters. The smallest absolute Gasteiger partial charge is 0.193 e. The van der Waals surface area contributed by atoms with Crippen molar-refractivity contribution in [1.29, 1.82) is 0 Å². The van der Waals surface area contributed by atoms with Crippen LogP contribution < -0.4 is 9.47 Å². The van der Waals surface area contributed by atoms with Gasteiger partial charge < -0.3 is 9.47 Å². The minimum atomic E-state index is -0.00737. The lowest BCUT2D eigenvalue weighted by Crippen LogP contribution is -2.06. The molecule has 0 heterocycles. The average Bonchev–Trinajstić information content (AvgIpc) is 2.89. The maximum atomic E-state index is 12.4. The Morgan fingerprint density at radius 3 is 1.15 bits per heavy atom. The van der Waals surface area contributed by atoms with E-state index in [4.69, 9.17) is 9.47 Å². The molecule has 164 valence electrons. The van der Waals surface area contributed by atoms with E-state index in [0.29, 0.717) is 53.4 Å². The Morgan fingerprint density at radius 1 is 0.455 bits per heavy atom. The third-order valence-electron chi connectivity index (χ3n) is 5.13. The van der Waals surface area contributed by atoms with Crippen molar-refractivity contribution < 1.29 is 19.1 Å². The Balaban J connectivity index is 1.20. The first-order chi connectivity index (χ1) is 16.2. The Bertz CT molecular complexity index is 1090. The Hall–Kier alpha value is -4.18. The van der Waals surface area contributed by atoms with Gasteiger partial charge in [-0.15, -0.1) is 0 Å². The van der Waals surface area contributed by atoms with E-state index in [1.54, 1.807) is 72.8 Å². The Labute approximate surface area is 193 Å². The lowest BCUT2D eigenvalue weighted by atomic mass is 10.0. The van der Waals surface area contributed by atoms with E-state index in [2.05, 4.69) is 0 Å². The third-order valence-corrected chi connectivity index (χ3v) is 5.13. The van der Waals surface area contributed by atoms with Crippen LogP contribution in [0.3, 0.4) is 0 Å². The van der Waals surface area contributed by atoms with Crippen LogP contribution in [0.1, 0.15) is 38.3 Å². The van der Waals surface area contributed by atoms with Crippen LogP contribution in [0.2, 0.25) is 0 Å². The first kappa shape index (κ1) is 22.0. The van der Waals surface area contributed by atoms with Crippen LogP contribution in [-0.2, 0) is 0 Å². The van der Waals surface area contributed by atoms with Crippen LogP contribution in [0.25, 0.3) is 0 Å². The summed E-state index contributed by atoms with van der Waals surface area (Å²) in [5.41, 5.74) is 2.60. The fraction of sp³-hybridized carbons (Fsp3) is 0.103. The summed E-state index contributed by atoms with van der Waals surface area (Å²) in [5, 5.41) is 0. The van der Waals surface area contributed by atoms with Crippen molar-refractivity contribution in [3.63, 3.8) is 0 Å². The van der Waals surface area contributed by atoms with Crippen LogP contribution in [-0.4, -0.2) is 24.8 Å². The van der Waals surface area contributed by atoms with E-state index < -0.39 is 0 Å². The van der Waals surface area contributed by atoms with Crippen molar-refractivity contribution >= 4 is 11.6 Å². The highest BCUT2D eigenvalue weighted by Gasteiger charge is 2.09. The second kappa shape index (κ2) is 10.9. The predicted molar refractivity (Wildman–Crippen MR) is 128 cm³/mol. The molecule has 0 bridgehead atoms. The number of ether oxygens (including phenoxy) is 2. The number of hydrogen-bond acceptors (Lipinski definition) is 4. The van der Waals surface area contributed by atoms with E-state index in [-0.39, 0.29) is 11.6 Å². The van der Waals surface area contributed by atoms with Gasteiger partial charge in [0, 0.05) is 28.7 Å². The molecule has 0 fully saturated rings. The van der Waals surface area contributed by atoms with Crippen molar-refractivity contribution in [3.05, 3.63) is 131 Å². The molecule has 0 saturated heterocycles. The van der Waals surface area contributed by atoms with E-state index >= 15 is 0 Å². The molecule has 0 saturated carbocycles. The van der Waals surface area contributed by atoms with Gasteiger partial charge in [-0.3, -0.25) is 9.59 Å². The molecular formula is C29H24O4. The van der Waals surface area contributed by atoms with Crippen LogP contribution in [0.5, 0.6) is 11.5 Å². The quantitative estimate of drug-likeness (QED) is 0.226. The number of benzene rings is 4. The summed E-state index contributed by atoms with van der Waals surface area (Å²) in [6.45, 7) is 0.993. The van der Waals surface area contributed by atoms with Gasteiger partial charge in [0.1, 0.15) is 11.5 Å². The van der Waals surface area contributed by atoms with Gasteiger partial charge in [0.15, 0.2) is 11.6 Å². The molecule has 33 heavy (non-hydrogen) atoms. The molecule has 0 aliphatic rings. The summed E-state index contributed by atoms with van der Waals surface area (Å²) in [5.74, 6) is 1.41. The summed E-state index contributed by atoms with van der Waals surface area (Å²) in [4.78, 5) is 24.9. The molecule has 0 spiro atoms. The van der Waals surface area contributed by atoms with Crippen molar-refractivity contribution in [1.82, 2.24) is 0 Å². The summed E-state index contributed by atoms with van der Waals surface area (Å²) in [6, 6.07) is 32.7. The van der Waals surface area contributed by atoms with Crippen LogP contribution in [0, 0.1) is 0 Å². The molecule has 4 heteroatoms. The number of carbonyl (C=O) groups is 2. The standard InChI is InChI=1S/C29H24O4/c30-28(22-8-3-1-4-9-22)24-12-16-26(17-13-24)32-20-7-21-33-27-18-14-25(15-19-27)29(31)23-10-5-2-6-11-23/h1-6,8-19H,7,20-21H2. The van der Waals surface area contributed by atoms with Gasteiger partial charge in [0.2, 0.25) is 0 Å². The lowest BCUT2D eigenvalue weighted by molar-refractivity contribution is 0.103. The fourth-order valence-electron chi connectivity index (χ4n) is 3.36. The molecule has 4 rings (SSSR count). The maximum absolute atomic E-state index is 12.4. The molecule has 0 amide bonds. The topological polar surface area (TPSA) is 52.6 Å². The minimum absolute atomic E-state index is 0.00737. The van der Waals surface area contributed by atoms with Crippen molar-refractivity contribution in [2.45, 2.75) is 6.42 Å². The van der Waals surface area contributed by atoms with Gasteiger partial charge in [0.05, 0.1) is 13.2 Å². The highest BCUT2D eigenvalue weighted by atomic mass is 16.5. The molecule has 0 N–H and O–H groups in total. The highest BCUT2D eigenvalue weighted by Crippen LogP contribution is 2.17. The average molecular weight is 437 g/mol. The molecule has 0 atom stereocenters. The second-order valence-electron chi connectivity index (χ2n) is 7.49. The van der Waals surface area contributed by atoms with Crippen LogP contribution in [0.4, 0.5) is 0 Å². The lowest BCUT2D eigenvalue weighted by Gasteiger charge is -2.09. The molecule has 4 aromatic rings. The second-order valence-corrected chi connectivity index (χ2v) is 7.49. The van der Waals surface area contributed by atoms with Gasteiger partial charge in [-0.1, -0.05) is 60.7 Å². The molecule has 0 aliphatic carbocycles. The van der Waals surface area contributed by atoms with Gasteiger partial charge in [-0.05, 0) is 48.5 Å². The zero-order chi connectivity index (χ0) is 22.9. The molecule has 4 aromatic carbocycles. The van der Waals surface area contributed by atoms with Gasteiger partial charge in [0.25, 0.3) is 0 Å². The maximum Gasteiger partial charge on any atom is 0.193 e. The van der Waals surface area contributed by atoms with Crippen LogP contribution >= 0.6 is 0 Å². The summed E-state index contributed by atoms with van der Waals surface area (Å²) in [6.07, 6.45) is 0.704. The van der Waals surface area contributed by atoms with E-state index in [9.17, 15) is 9.59 Å². The molecular weight excluding hydrogens is 412 g/mol. The largest absolute Gasteiger partial charge is 0.493 e. The third kappa shape index (κ3) is 5.95. The summed E-state index contributed by atoms with van der Waals surface area (Å²) >= 11 is 0. The Morgan fingerprint density at radius 2 is 0.788 bits per heavy atom. The summed E-state index contributed by atoms with van der Waals surface area (Å²) < 4.78 is 11.5. The van der Waals surface area contributed by atoms with E-state index in [1.807, 2.05) is 36.4 Å². The van der Waals surface area contributed by atoms with E-state index in [1.165, 1.54) is 0 Å². The molecule has 0 radical (unpaired) electrons. The number of hydrogen-bond donors (Lipinski definition) is 0. The molecule has 0 aromatic heterocycles. The highest BCUT2D eigenvalue weighted by molar-refractivity contribution is 6.09. The zero-order valence-electron chi connectivity index (χ0n) is 18.1. The fourth-order valence-corrected chi connectivity index (χ4v) is 3.36. The first-order valence-corrected chi connectivity index (χ1v) is 10.9. The van der Waals surface area contributed by atoms with Crippen LogP contribution in [0.15, 0.2) is 109 Å². The first-order valence-electron chi connectivity index (χ1n) is 10.9. The predicted octanol–water partition coefficient (Wildman–Crippen LogP) is 6.00.